The number of carbonyl (C=O) groups is 2. The molecule has 0 atom stereocenters. The van der Waals surface area contributed by atoms with Crippen molar-refractivity contribution in [1.82, 2.24) is 0 Å². The van der Waals surface area contributed by atoms with Crippen molar-refractivity contribution in [1.29, 1.82) is 0 Å². The van der Waals surface area contributed by atoms with Gasteiger partial charge in [0.25, 0.3) is 10.0 Å². The van der Waals surface area contributed by atoms with Crippen LogP contribution in [0.25, 0.3) is 0 Å². The lowest BCUT2D eigenvalue weighted by atomic mass is 10.1. The van der Waals surface area contributed by atoms with E-state index in [1.165, 1.54) is 43.4 Å². The van der Waals surface area contributed by atoms with Crippen LogP contribution in [-0.4, -0.2) is 53.9 Å². The number of carbonyl (C=O) groups excluding carboxylic acids is 2. The van der Waals surface area contributed by atoms with Crippen molar-refractivity contribution in [2.75, 3.05) is 32.5 Å². The van der Waals surface area contributed by atoms with Crippen molar-refractivity contribution < 1.29 is 32.2 Å². The topological polar surface area (TPSA) is 164 Å². The molecule has 1 aliphatic heterocycles. The minimum Gasteiger partial charge on any atom is -0.466 e. The van der Waals surface area contributed by atoms with Crippen LogP contribution in [0.4, 0.5) is 5.69 Å². The number of rotatable bonds is 5. The van der Waals surface area contributed by atoms with Crippen molar-refractivity contribution in [3.05, 3.63) is 35.5 Å². The van der Waals surface area contributed by atoms with Gasteiger partial charge in [-0.25, -0.2) is 9.59 Å². The zero-order valence-electron chi connectivity index (χ0n) is 14.5. The molecule has 146 valence electrons. The smallest absolute Gasteiger partial charge is 0.355 e. The van der Waals surface area contributed by atoms with E-state index in [0.29, 0.717) is 5.69 Å². The molecule has 27 heavy (non-hydrogen) atoms. The summed E-state index contributed by atoms with van der Waals surface area (Å²) in [6.45, 7) is -0.199. The molecule has 0 saturated heterocycles. The van der Waals surface area contributed by atoms with Crippen molar-refractivity contribution in [3.63, 3.8) is 0 Å². The summed E-state index contributed by atoms with van der Waals surface area (Å²) in [6.07, 6.45) is 0. The summed E-state index contributed by atoms with van der Waals surface area (Å²) in [5.41, 5.74) is 10.5. The van der Waals surface area contributed by atoms with E-state index < -0.39 is 27.9 Å². The van der Waals surface area contributed by atoms with Gasteiger partial charge in [0.1, 0.15) is 12.4 Å². The van der Waals surface area contributed by atoms with Crippen molar-refractivity contribution in [2.45, 2.75) is 4.90 Å². The number of sulfonamides is 1. The lowest BCUT2D eigenvalue weighted by molar-refractivity contribution is -0.140. The van der Waals surface area contributed by atoms with Gasteiger partial charge in [-0.05, 0) is 24.3 Å². The first-order chi connectivity index (χ1) is 12.7. The van der Waals surface area contributed by atoms with Crippen LogP contribution < -0.4 is 16.4 Å². The molecule has 0 spiro atoms. The van der Waals surface area contributed by atoms with E-state index in [-0.39, 0.29) is 29.5 Å². The number of hydrogen-bond acceptors (Lipinski definition) is 8. The number of benzene rings is 1. The predicted octanol–water partition coefficient (Wildman–Crippen LogP) is -0.957. The Bertz CT molecular complexity index is 903. The average molecular weight is 398 g/mol. The van der Waals surface area contributed by atoms with Gasteiger partial charge in [0, 0.05) is 5.69 Å². The second-order valence-electron chi connectivity index (χ2n) is 5.20. The quantitative estimate of drug-likeness (QED) is 0.359. The first-order valence-electron chi connectivity index (χ1n) is 7.42. The third-order valence-electron chi connectivity index (χ3n) is 3.50. The SMILES string of the molecule is COC(=O)C1=C(C(=O)OC)N(c2ccc(S(=O)(=O)N=C(N)N)cc2)COC1. The van der Waals surface area contributed by atoms with Gasteiger partial charge < -0.3 is 30.6 Å². The fourth-order valence-electron chi connectivity index (χ4n) is 2.34. The Balaban J connectivity index is 2.48. The van der Waals surface area contributed by atoms with Crippen LogP contribution in [0.3, 0.4) is 0 Å². The Morgan fingerprint density at radius 1 is 1.11 bits per heavy atom. The van der Waals surface area contributed by atoms with Crippen LogP contribution in [0.5, 0.6) is 0 Å². The van der Waals surface area contributed by atoms with E-state index >= 15 is 0 Å². The zero-order chi connectivity index (χ0) is 20.2. The first kappa shape index (κ1) is 20.2. The second kappa shape index (κ2) is 8.05. The number of anilines is 1. The fraction of sp³-hybridized carbons (Fsp3) is 0.267. The van der Waals surface area contributed by atoms with E-state index in [4.69, 9.17) is 20.9 Å². The molecule has 0 aliphatic carbocycles. The summed E-state index contributed by atoms with van der Waals surface area (Å²) in [7, 11) is -1.72. The first-order valence-corrected chi connectivity index (χ1v) is 8.86. The van der Waals surface area contributed by atoms with Gasteiger partial charge >= 0.3 is 11.9 Å². The van der Waals surface area contributed by atoms with Crippen LogP contribution in [-0.2, 0) is 33.8 Å². The van der Waals surface area contributed by atoms with Crippen molar-refractivity contribution in [3.8, 4) is 0 Å². The van der Waals surface area contributed by atoms with E-state index in [9.17, 15) is 18.0 Å². The van der Waals surface area contributed by atoms with Crippen LogP contribution in [0, 0.1) is 0 Å². The Hall–Kier alpha value is -3.12. The molecule has 1 heterocycles. The zero-order valence-corrected chi connectivity index (χ0v) is 15.4. The minimum absolute atomic E-state index is 0.0206. The second-order valence-corrected chi connectivity index (χ2v) is 6.81. The Morgan fingerprint density at radius 3 is 2.22 bits per heavy atom. The molecular formula is C15H18N4O7S. The standard InChI is InChI=1S/C15H18N4O7S/c1-24-13(20)11-7-26-8-19(12(11)14(21)25-2)9-3-5-10(6-4-9)27(22,23)18-15(16)17/h3-6H,7-8H2,1-2H3,(H4,16,17,18). The van der Waals surface area contributed by atoms with E-state index in [0.717, 1.165) is 0 Å². The van der Waals surface area contributed by atoms with E-state index in [1.807, 2.05) is 0 Å². The summed E-state index contributed by atoms with van der Waals surface area (Å²) < 4.78 is 41.9. The van der Waals surface area contributed by atoms with Gasteiger partial charge in [0.05, 0.1) is 31.3 Å². The molecule has 0 amide bonds. The molecule has 1 aliphatic rings. The maximum atomic E-state index is 12.2. The number of methoxy groups -OCH3 is 2. The number of nitrogens with two attached hydrogens (primary N) is 2. The molecule has 12 heteroatoms. The average Bonchev–Trinajstić information content (AvgIpc) is 2.65. The largest absolute Gasteiger partial charge is 0.466 e. The highest BCUT2D eigenvalue weighted by Gasteiger charge is 2.32. The van der Waals surface area contributed by atoms with Gasteiger partial charge in [-0.1, -0.05) is 0 Å². The lowest BCUT2D eigenvalue weighted by Gasteiger charge is -2.31. The van der Waals surface area contributed by atoms with Crippen LogP contribution in [0.2, 0.25) is 0 Å². The maximum absolute atomic E-state index is 12.2. The number of nitrogens with zero attached hydrogens (tertiary/aromatic N) is 2. The summed E-state index contributed by atoms with van der Waals surface area (Å²) in [6, 6.07) is 5.31. The van der Waals surface area contributed by atoms with Gasteiger partial charge in [-0.15, -0.1) is 4.40 Å². The summed E-state index contributed by atoms with van der Waals surface area (Å²) in [5, 5.41) is 0. The summed E-state index contributed by atoms with van der Waals surface area (Å²) >= 11 is 0. The maximum Gasteiger partial charge on any atom is 0.355 e. The molecule has 1 aromatic carbocycles. The fourth-order valence-corrected chi connectivity index (χ4v) is 3.20. The molecule has 11 nitrogen and oxygen atoms in total. The normalized spacial score (nSPS) is 14.5. The molecule has 1 aromatic rings. The highest BCUT2D eigenvalue weighted by Crippen LogP contribution is 2.27. The predicted molar refractivity (Wildman–Crippen MR) is 93.8 cm³/mol. The number of guanidine groups is 1. The monoisotopic (exact) mass is 398 g/mol. The van der Waals surface area contributed by atoms with Crippen LogP contribution in [0.15, 0.2) is 44.8 Å². The van der Waals surface area contributed by atoms with Gasteiger partial charge in [0.15, 0.2) is 0 Å². The van der Waals surface area contributed by atoms with Gasteiger partial charge in [-0.3, -0.25) is 0 Å². The summed E-state index contributed by atoms with van der Waals surface area (Å²) in [4.78, 5) is 25.4. The van der Waals surface area contributed by atoms with Crippen molar-refractivity contribution in [2.24, 2.45) is 15.9 Å². The third-order valence-corrected chi connectivity index (χ3v) is 4.82. The Labute approximate surface area is 155 Å². The van der Waals surface area contributed by atoms with Crippen LogP contribution in [0.1, 0.15) is 0 Å². The van der Waals surface area contributed by atoms with Gasteiger partial charge in [0.2, 0.25) is 5.96 Å². The Morgan fingerprint density at radius 2 is 1.70 bits per heavy atom. The van der Waals surface area contributed by atoms with Crippen molar-refractivity contribution >= 4 is 33.6 Å². The molecule has 0 saturated carbocycles. The highest BCUT2D eigenvalue weighted by molar-refractivity contribution is 7.90. The molecule has 0 unspecified atom stereocenters. The molecule has 0 bridgehead atoms. The molecule has 0 aromatic heterocycles. The van der Waals surface area contributed by atoms with Gasteiger partial charge in [-0.2, -0.15) is 8.42 Å². The molecule has 4 N–H and O–H groups in total. The van der Waals surface area contributed by atoms with E-state index in [2.05, 4.69) is 9.13 Å². The number of esters is 2. The van der Waals surface area contributed by atoms with Crippen LogP contribution >= 0.6 is 0 Å². The molecule has 0 fully saturated rings. The highest BCUT2D eigenvalue weighted by atomic mass is 32.2. The molecular weight excluding hydrogens is 380 g/mol. The Kier molecular flexibility index (Phi) is 6.02. The summed E-state index contributed by atoms with van der Waals surface area (Å²) in [5.74, 6) is -2.11. The minimum atomic E-state index is -4.06. The van der Waals surface area contributed by atoms with E-state index in [1.54, 1.807) is 0 Å². The number of hydrogen-bond donors (Lipinski definition) is 2. The molecule has 0 radical (unpaired) electrons. The third kappa shape index (κ3) is 4.35. The molecule has 2 rings (SSSR count). The number of ether oxygens (including phenoxy) is 3. The lowest BCUT2D eigenvalue weighted by Crippen LogP contribution is -2.38.